The van der Waals surface area contributed by atoms with Crippen molar-refractivity contribution in [1.82, 2.24) is 9.21 Å². The van der Waals surface area contributed by atoms with Gasteiger partial charge in [-0.15, -0.1) is 0 Å². The van der Waals surface area contributed by atoms with Crippen LogP contribution in [0.3, 0.4) is 0 Å². The molecular formula is C22H34N4O4S. The number of amides is 2. The van der Waals surface area contributed by atoms with Gasteiger partial charge in [0.25, 0.3) is 0 Å². The minimum absolute atomic E-state index is 0.000390. The summed E-state index contributed by atoms with van der Waals surface area (Å²) in [5, 5.41) is 2.81. The average molecular weight is 451 g/mol. The van der Waals surface area contributed by atoms with Crippen LogP contribution in [0.5, 0.6) is 0 Å². The number of para-hydroxylation sites is 1. The molecule has 3 N–H and O–H groups in total. The highest BCUT2D eigenvalue weighted by Crippen LogP contribution is 2.33. The van der Waals surface area contributed by atoms with Gasteiger partial charge in [-0.25, -0.2) is 12.7 Å². The number of carbonyl (C=O) groups is 2. The number of hydrogen-bond donors (Lipinski definition) is 2. The van der Waals surface area contributed by atoms with Crippen molar-refractivity contribution in [3.05, 3.63) is 24.3 Å². The summed E-state index contributed by atoms with van der Waals surface area (Å²) in [4.78, 5) is 27.4. The Bertz CT molecular complexity index is 906. The van der Waals surface area contributed by atoms with E-state index in [0.717, 1.165) is 23.6 Å². The number of likely N-dealkylation sites (N-methyl/N-ethyl adjacent to an activating group) is 1. The minimum atomic E-state index is -3.67. The fraction of sp³-hybridized carbons (Fsp3) is 0.636. The van der Waals surface area contributed by atoms with Crippen LogP contribution in [0.4, 0.5) is 5.69 Å². The van der Waals surface area contributed by atoms with Crippen LogP contribution in [-0.4, -0.2) is 62.7 Å². The average Bonchev–Trinajstić information content (AvgIpc) is 2.71. The third kappa shape index (κ3) is 5.10. The highest BCUT2D eigenvalue weighted by molar-refractivity contribution is 7.89. The summed E-state index contributed by atoms with van der Waals surface area (Å²) in [6.07, 6.45) is 5.94. The first-order valence-corrected chi connectivity index (χ1v) is 12.4. The van der Waals surface area contributed by atoms with Crippen molar-refractivity contribution in [3.8, 4) is 0 Å². The molecule has 31 heavy (non-hydrogen) atoms. The van der Waals surface area contributed by atoms with Crippen molar-refractivity contribution >= 4 is 27.5 Å². The Morgan fingerprint density at radius 1 is 1.03 bits per heavy atom. The van der Waals surface area contributed by atoms with Gasteiger partial charge in [0, 0.05) is 33.1 Å². The number of carbonyl (C=O) groups excluding carboxylic acids is 2. The Labute approximate surface area is 185 Å². The standard InChI is InChI=1S/C22H34N4O4S/c1-25(2)31(29,30)19-10-5-4-9-18(19)24-21(27)16-13-11-15(12-14-16)20(23)22(28)26(3)17-7-6-8-17/h4-5,9-10,15-17,20H,6-8,11-14,23H2,1-3H3,(H,24,27)/t15?,16?,20-/m0/s1. The molecule has 2 aliphatic carbocycles. The molecule has 2 amide bonds. The Balaban J connectivity index is 1.58. The first-order chi connectivity index (χ1) is 14.6. The number of nitrogens with two attached hydrogens (primary N) is 1. The smallest absolute Gasteiger partial charge is 0.244 e. The fourth-order valence-corrected chi connectivity index (χ4v) is 5.40. The maximum Gasteiger partial charge on any atom is 0.244 e. The number of nitrogens with one attached hydrogen (secondary N) is 1. The van der Waals surface area contributed by atoms with E-state index < -0.39 is 16.1 Å². The number of sulfonamides is 1. The third-order valence-corrected chi connectivity index (χ3v) is 8.68. The SMILES string of the molecule is CN(C(=O)[C@@H](N)C1CCC(C(=O)Nc2ccccc2S(=O)(=O)N(C)C)CC1)C1CCC1. The predicted octanol–water partition coefficient (Wildman–Crippen LogP) is 2.02. The zero-order valence-electron chi connectivity index (χ0n) is 18.6. The predicted molar refractivity (Wildman–Crippen MR) is 120 cm³/mol. The second-order valence-electron chi connectivity index (χ2n) is 8.94. The number of rotatable bonds is 7. The van der Waals surface area contributed by atoms with Crippen molar-refractivity contribution in [2.45, 2.75) is 61.9 Å². The molecule has 0 heterocycles. The second kappa shape index (κ2) is 9.67. The lowest BCUT2D eigenvalue weighted by atomic mass is 9.77. The van der Waals surface area contributed by atoms with Crippen molar-refractivity contribution in [2.24, 2.45) is 17.6 Å². The van der Waals surface area contributed by atoms with E-state index in [0.29, 0.717) is 31.7 Å². The fourth-order valence-electron chi connectivity index (χ4n) is 4.36. The molecular weight excluding hydrogens is 416 g/mol. The molecule has 8 nitrogen and oxygen atoms in total. The van der Waals surface area contributed by atoms with Gasteiger partial charge in [0.05, 0.1) is 11.7 Å². The number of benzene rings is 1. The highest BCUT2D eigenvalue weighted by Gasteiger charge is 2.36. The van der Waals surface area contributed by atoms with Crippen molar-refractivity contribution < 1.29 is 18.0 Å². The zero-order valence-corrected chi connectivity index (χ0v) is 19.4. The molecule has 0 radical (unpaired) electrons. The largest absolute Gasteiger partial charge is 0.341 e. The normalized spacial score (nSPS) is 23.1. The van der Waals surface area contributed by atoms with Crippen molar-refractivity contribution in [2.75, 3.05) is 26.5 Å². The molecule has 1 aromatic carbocycles. The summed E-state index contributed by atoms with van der Waals surface area (Å²) in [6.45, 7) is 0. The topological polar surface area (TPSA) is 113 Å². The number of anilines is 1. The Hall–Kier alpha value is -1.97. The molecule has 9 heteroatoms. The van der Waals surface area contributed by atoms with E-state index in [1.807, 2.05) is 7.05 Å². The Morgan fingerprint density at radius 3 is 2.19 bits per heavy atom. The second-order valence-corrected chi connectivity index (χ2v) is 11.1. The summed E-state index contributed by atoms with van der Waals surface area (Å²) in [6, 6.07) is 6.22. The third-order valence-electron chi connectivity index (χ3n) is 6.81. The Morgan fingerprint density at radius 2 is 1.65 bits per heavy atom. The molecule has 0 aromatic heterocycles. The molecule has 2 saturated carbocycles. The van der Waals surface area contributed by atoms with E-state index in [1.54, 1.807) is 23.1 Å². The number of hydrogen-bond acceptors (Lipinski definition) is 5. The lowest BCUT2D eigenvalue weighted by molar-refractivity contribution is -0.136. The zero-order chi connectivity index (χ0) is 22.8. The molecule has 1 aromatic rings. The monoisotopic (exact) mass is 450 g/mol. The summed E-state index contributed by atoms with van der Waals surface area (Å²) in [7, 11) is 1.09. The van der Waals surface area contributed by atoms with Gasteiger partial charge in [-0.1, -0.05) is 12.1 Å². The summed E-state index contributed by atoms with van der Waals surface area (Å²) < 4.78 is 26.2. The van der Waals surface area contributed by atoms with Gasteiger partial charge in [-0.2, -0.15) is 0 Å². The molecule has 0 saturated heterocycles. The minimum Gasteiger partial charge on any atom is -0.341 e. The van der Waals surface area contributed by atoms with Crippen LogP contribution in [0.1, 0.15) is 44.9 Å². The van der Waals surface area contributed by atoms with Gasteiger partial charge in [0.1, 0.15) is 4.90 Å². The van der Waals surface area contributed by atoms with E-state index in [4.69, 9.17) is 5.73 Å². The Kier molecular flexibility index (Phi) is 7.39. The van der Waals surface area contributed by atoms with Gasteiger partial charge >= 0.3 is 0 Å². The van der Waals surface area contributed by atoms with E-state index in [1.165, 1.54) is 20.2 Å². The lowest BCUT2D eigenvalue weighted by Gasteiger charge is -2.38. The molecule has 0 bridgehead atoms. The molecule has 0 spiro atoms. The van der Waals surface area contributed by atoms with Crippen molar-refractivity contribution in [3.63, 3.8) is 0 Å². The van der Waals surface area contributed by atoms with Gasteiger partial charge in [0.2, 0.25) is 21.8 Å². The summed E-state index contributed by atoms with van der Waals surface area (Å²) >= 11 is 0. The molecule has 3 rings (SSSR count). The van der Waals surface area contributed by atoms with E-state index in [2.05, 4.69) is 5.32 Å². The maximum absolute atomic E-state index is 12.8. The van der Waals surface area contributed by atoms with Crippen molar-refractivity contribution in [1.29, 1.82) is 0 Å². The quantitative estimate of drug-likeness (QED) is 0.660. The van der Waals surface area contributed by atoms with Crippen LogP contribution >= 0.6 is 0 Å². The van der Waals surface area contributed by atoms with Crippen LogP contribution in [0, 0.1) is 11.8 Å². The molecule has 0 unspecified atom stereocenters. The van der Waals surface area contributed by atoms with E-state index in [-0.39, 0.29) is 34.2 Å². The molecule has 1 atom stereocenters. The van der Waals surface area contributed by atoms with Crippen LogP contribution in [0.15, 0.2) is 29.2 Å². The number of nitrogens with zero attached hydrogens (tertiary/aromatic N) is 2. The lowest BCUT2D eigenvalue weighted by Crippen LogP contribution is -2.52. The van der Waals surface area contributed by atoms with Crippen LogP contribution in [0.25, 0.3) is 0 Å². The molecule has 172 valence electrons. The van der Waals surface area contributed by atoms with E-state index >= 15 is 0 Å². The van der Waals surface area contributed by atoms with Gasteiger partial charge in [0.15, 0.2) is 0 Å². The first-order valence-electron chi connectivity index (χ1n) is 11.0. The highest BCUT2D eigenvalue weighted by atomic mass is 32.2. The molecule has 0 aliphatic heterocycles. The molecule has 2 fully saturated rings. The first kappa shape index (κ1) is 23.7. The van der Waals surface area contributed by atoms with Crippen LogP contribution < -0.4 is 11.1 Å². The van der Waals surface area contributed by atoms with Crippen LogP contribution in [-0.2, 0) is 19.6 Å². The summed E-state index contributed by atoms with van der Waals surface area (Å²) in [5.74, 6) is -0.342. The molecule has 2 aliphatic rings. The van der Waals surface area contributed by atoms with Gasteiger partial charge in [-0.05, 0) is 63.0 Å². The summed E-state index contributed by atoms with van der Waals surface area (Å²) in [5.41, 5.74) is 6.58. The van der Waals surface area contributed by atoms with Gasteiger partial charge < -0.3 is 16.0 Å². The maximum atomic E-state index is 12.8. The van der Waals surface area contributed by atoms with Gasteiger partial charge in [-0.3, -0.25) is 9.59 Å². The van der Waals surface area contributed by atoms with E-state index in [9.17, 15) is 18.0 Å². The van der Waals surface area contributed by atoms with Crippen LogP contribution in [0.2, 0.25) is 0 Å².